The van der Waals surface area contributed by atoms with E-state index in [1.165, 1.54) is 6.07 Å². The van der Waals surface area contributed by atoms with E-state index in [-0.39, 0.29) is 16.1 Å². The molecule has 154 valence electrons. The Bertz CT molecular complexity index is 898. The SMILES string of the molecule is CC(C)(C)CC(C)(C)NC(=O)COC(=O)CN=C1NS(=O)(=O)c2ccccc21. The summed E-state index contributed by atoms with van der Waals surface area (Å²) in [4.78, 5) is 28.0. The minimum Gasteiger partial charge on any atom is -0.454 e. The van der Waals surface area contributed by atoms with Gasteiger partial charge in [0.25, 0.3) is 15.9 Å². The molecule has 2 rings (SSSR count). The Morgan fingerprint density at radius 1 is 1.14 bits per heavy atom. The molecule has 0 spiro atoms. The molecule has 0 aliphatic carbocycles. The molecule has 1 aromatic rings. The van der Waals surface area contributed by atoms with E-state index in [0.29, 0.717) is 5.56 Å². The van der Waals surface area contributed by atoms with Crippen LogP contribution in [0, 0.1) is 5.41 Å². The van der Waals surface area contributed by atoms with Crippen molar-refractivity contribution < 1.29 is 22.7 Å². The quantitative estimate of drug-likeness (QED) is 0.693. The van der Waals surface area contributed by atoms with Crippen molar-refractivity contribution in [1.29, 1.82) is 0 Å². The number of nitrogens with one attached hydrogen (secondary N) is 2. The Labute approximate surface area is 165 Å². The van der Waals surface area contributed by atoms with Crippen LogP contribution in [-0.4, -0.2) is 44.8 Å². The summed E-state index contributed by atoms with van der Waals surface area (Å²) in [5, 5.41) is 2.85. The summed E-state index contributed by atoms with van der Waals surface area (Å²) < 4.78 is 31.2. The predicted octanol–water partition coefficient (Wildman–Crippen LogP) is 1.60. The molecule has 1 aliphatic rings. The maximum Gasteiger partial charge on any atom is 0.328 e. The van der Waals surface area contributed by atoms with Crippen LogP contribution < -0.4 is 10.0 Å². The second kappa shape index (κ2) is 7.90. The molecule has 0 aromatic heterocycles. The Hall–Kier alpha value is -2.42. The van der Waals surface area contributed by atoms with Crippen molar-refractivity contribution in [2.75, 3.05) is 13.2 Å². The number of hydrogen-bond acceptors (Lipinski definition) is 6. The van der Waals surface area contributed by atoms with Gasteiger partial charge in [-0.15, -0.1) is 0 Å². The Morgan fingerprint density at radius 2 is 1.79 bits per heavy atom. The maximum atomic E-state index is 12.0. The zero-order valence-corrected chi connectivity index (χ0v) is 17.6. The first kappa shape index (κ1) is 21.9. The van der Waals surface area contributed by atoms with Gasteiger partial charge in [-0.25, -0.2) is 8.42 Å². The van der Waals surface area contributed by atoms with Crippen LogP contribution in [0.15, 0.2) is 34.2 Å². The maximum absolute atomic E-state index is 12.0. The number of fused-ring (bicyclic) bond motifs is 1. The molecule has 1 aromatic carbocycles. The molecule has 28 heavy (non-hydrogen) atoms. The lowest BCUT2D eigenvalue weighted by molar-refractivity contribution is -0.147. The number of rotatable bonds is 6. The summed E-state index contributed by atoms with van der Waals surface area (Å²) in [6, 6.07) is 6.35. The van der Waals surface area contributed by atoms with Gasteiger partial charge in [-0.1, -0.05) is 32.9 Å². The van der Waals surface area contributed by atoms with Crippen molar-refractivity contribution >= 4 is 27.7 Å². The van der Waals surface area contributed by atoms with Crippen molar-refractivity contribution in [2.24, 2.45) is 10.4 Å². The Kier molecular flexibility index (Phi) is 6.18. The van der Waals surface area contributed by atoms with Crippen LogP contribution in [0.2, 0.25) is 0 Å². The average molecular weight is 410 g/mol. The van der Waals surface area contributed by atoms with Gasteiger partial charge in [0.15, 0.2) is 6.61 Å². The van der Waals surface area contributed by atoms with Gasteiger partial charge in [-0.05, 0) is 37.8 Å². The summed E-state index contributed by atoms with van der Waals surface area (Å²) in [5.74, 6) is -1.04. The van der Waals surface area contributed by atoms with Crippen LogP contribution in [0.3, 0.4) is 0 Å². The van der Waals surface area contributed by atoms with Crippen molar-refractivity contribution in [3.63, 3.8) is 0 Å². The van der Waals surface area contributed by atoms with Crippen LogP contribution in [-0.2, 0) is 24.3 Å². The molecule has 0 saturated heterocycles. The molecular formula is C19H27N3O5S. The van der Waals surface area contributed by atoms with Crippen LogP contribution >= 0.6 is 0 Å². The summed E-state index contributed by atoms with van der Waals surface area (Å²) in [6.45, 7) is 9.24. The fourth-order valence-corrected chi connectivity index (χ4v) is 4.62. The van der Waals surface area contributed by atoms with Crippen LogP contribution in [0.1, 0.15) is 46.6 Å². The molecule has 0 atom stereocenters. The number of aliphatic imine (C=N–C) groups is 1. The lowest BCUT2D eigenvalue weighted by atomic mass is 9.82. The third-order valence-corrected chi connectivity index (χ3v) is 5.24. The van der Waals surface area contributed by atoms with Gasteiger partial charge < -0.3 is 10.1 Å². The van der Waals surface area contributed by atoms with E-state index in [0.717, 1.165) is 6.42 Å². The van der Waals surface area contributed by atoms with Crippen molar-refractivity contribution in [3.8, 4) is 0 Å². The number of benzene rings is 1. The standard InChI is InChI=1S/C19H27N3O5S/c1-18(2,3)12-19(4,5)21-15(23)11-27-16(24)10-20-17-13-8-6-7-9-14(13)28(25,26)22-17/h6-9H,10-12H2,1-5H3,(H,20,22)(H,21,23). The number of esters is 1. The van der Waals surface area contributed by atoms with E-state index in [2.05, 4.69) is 35.8 Å². The van der Waals surface area contributed by atoms with Gasteiger partial charge in [-0.2, -0.15) is 0 Å². The summed E-state index contributed by atoms with van der Waals surface area (Å²) in [6.07, 6.45) is 0.757. The van der Waals surface area contributed by atoms with E-state index in [1.807, 2.05) is 13.8 Å². The van der Waals surface area contributed by atoms with Crippen molar-refractivity contribution in [3.05, 3.63) is 29.8 Å². The third kappa shape index (κ3) is 6.05. The number of hydrogen-bond donors (Lipinski definition) is 2. The van der Waals surface area contributed by atoms with Gasteiger partial charge >= 0.3 is 5.97 Å². The van der Waals surface area contributed by atoms with Crippen molar-refractivity contribution in [2.45, 2.75) is 51.5 Å². The van der Waals surface area contributed by atoms with Crippen molar-refractivity contribution in [1.82, 2.24) is 10.0 Å². The van der Waals surface area contributed by atoms with Gasteiger partial charge in [0, 0.05) is 11.1 Å². The van der Waals surface area contributed by atoms with Gasteiger partial charge in [0.1, 0.15) is 12.4 Å². The topological polar surface area (TPSA) is 114 Å². The predicted molar refractivity (Wildman–Crippen MR) is 105 cm³/mol. The molecule has 0 saturated carbocycles. The molecule has 1 amide bonds. The highest BCUT2D eigenvalue weighted by molar-refractivity contribution is 7.90. The molecule has 1 heterocycles. The molecule has 2 N–H and O–H groups in total. The minimum atomic E-state index is -3.66. The van der Waals surface area contributed by atoms with E-state index in [1.54, 1.807) is 18.2 Å². The summed E-state index contributed by atoms with van der Waals surface area (Å²) in [7, 11) is -3.66. The number of ether oxygens (including phenoxy) is 1. The van der Waals surface area contributed by atoms with E-state index in [4.69, 9.17) is 4.74 Å². The normalized spacial score (nSPS) is 17.0. The first-order valence-electron chi connectivity index (χ1n) is 8.92. The number of nitrogens with zero attached hydrogens (tertiary/aromatic N) is 1. The highest BCUT2D eigenvalue weighted by atomic mass is 32.2. The molecular weight excluding hydrogens is 382 g/mol. The van der Waals surface area contributed by atoms with Gasteiger partial charge in [-0.3, -0.25) is 19.3 Å². The lowest BCUT2D eigenvalue weighted by Gasteiger charge is -2.33. The monoisotopic (exact) mass is 409 g/mol. The zero-order valence-electron chi connectivity index (χ0n) is 16.8. The van der Waals surface area contributed by atoms with Gasteiger partial charge in [0.05, 0.1) is 4.90 Å². The lowest BCUT2D eigenvalue weighted by Crippen LogP contribution is -2.47. The summed E-state index contributed by atoms with van der Waals surface area (Å²) in [5.41, 5.74) is -0.000546. The molecule has 0 bridgehead atoms. The second-order valence-corrected chi connectivity index (χ2v) is 10.2. The second-order valence-electron chi connectivity index (χ2n) is 8.60. The first-order valence-corrected chi connectivity index (χ1v) is 10.4. The fraction of sp³-hybridized carbons (Fsp3) is 0.526. The fourth-order valence-electron chi connectivity index (χ4n) is 3.37. The molecule has 0 unspecified atom stereocenters. The third-order valence-electron chi connectivity index (χ3n) is 3.84. The van der Waals surface area contributed by atoms with E-state index < -0.39 is 40.6 Å². The number of amides is 1. The molecule has 0 radical (unpaired) electrons. The summed E-state index contributed by atoms with van der Waals surface area (Å²) >= 11 is 0. The minimum absolute atomic E-state index is 0.0362. The van der Waals surface area contributed by atoms with Gasteiger partial charge in [0.2, 0.25) is 0 Å². The molecule has 1 aliphatic heterocycles. The number of carbonyl (C=O) groups excluding carboxylic acids is 2. The number of amidine groups is 1. The molecule has 0 fully saturated rings. The number of carbonyl (C=O) groups is 2. The highest BCUT2D eigenvalue weighted by Gasteiger charge is 2.30. The number of sulfonamides is 1. The zero-order chi connectivity index (χ0) is 21.2. The smallest absolute Gasteiger partial charge is 0.328 e. The largest absolute Gasteiger partial charge is 0.454 e. The van der Waals surface area contributed by atoms with Crippen LogP contribution in [0.5, 0.6) is 0 Å². The van der Waals surface area contributed by atoms with E-state index in [9.17, 15) is 18.0 Å². The Balaban J connectivity index is 1.89. The molecule has 9 heteroatoms. The Morgan fingerprint density at radius 3 is 2.43 bits per heavy atom. The highest BCUT2D eigenvalue weighted by Crippen LogP contribution is 2.26. The van der Waals surface area contributed by atoms with E-state index >= 15 is 0 Å². The first-order chi connectivity index (χ1) is 12.8. The van der Waals surface area contributed by atoms with Crippen LogP contribution in [0.25, 0.3) is 0 Å². The average Bonchev–Trinajstić information content (AvgIpc) is 2.79. The molecule has 8 nitrogen and oxygen atoms in total. The van der Waals surface area contributed by atoms with Crippen LogP contribution in [0.4, 0.5) is 0 Å².